The number of carbonyl (C=O) groups is 1. The molecule has 0 radical (unpaired) electrons. The fourth-order valence-electron chi connectivity index (χ4n) is 2.28. The Morgan fingerprint density at radius 1 is 1.48 bits per heavy atom. The largest absolute Gasteiger partial charge is 0.416 e. The first kappa shape index (κ1) is 17.7. The third-order valence-electron chi connectivity index (χ3n) is 3.62. The molecule has 2 heterocycles. The minimum Gasteiger partial charge on any atom is -0.355 e. The van der Waals surface area contributed by atoms with Crippen molar-refractivity contribution in [2.75, 3.05) is 20.1 Å². The zero-order chi connectivity index (χ0) is 17.3. The van der Waals surface area contributed by atoms with Crippen LogP contribution in [0, 0.1) is 0 Å². The van der Waals surface area contributed by atoms with E-state index in [9.17, 15) is 26.4 Å². The van der Waals surface area contributed by atoms with Gasteiger partial charge in [-0.25, -0.2) is 12.7 Å². The molecular formula is C13H16F3N3O3S. The first-order chi connectivity index (χ1) is 10.6. The summed E-state index contributed by atoms with van der Waals surface area (Å²) in [6.07, 6.45) is -3.12. The van der Waals surface area contributed by atoms with Crippen molar-refractivity contribution in [3.63, 3.8) is 0 Å². The quantitative estimate of drug-likeness (QED) is 0.870. The Morgan fingerprint density at radius 2 is 2.17 bits per heavy atom. The molecule has 0 saturated carbocycles. The average molecular weight is 351 g/mol. The smallest absolute Gasteiger partial charge is 0.355 e. The molecule has 1 saturated heterocycles. The number of amides is 1. The summed E-state index contributed by atoms with van der Waals surface area (Å²) in [5.74, 6) is -0.638. The highest BCUT2D eigenvalue weighted by Crippen LogP contribution is 2.29. The third kappa shape index (κ3) is 3.99. The molecule has 0 bridgehead atoms. The predicted molar refractivity (Wildman–Crippen MR) is 75.9 cm³/mol. The summed E-state index contributed by atoms with van der Waals surface area (Å²) in [6, 6.07) is 1.77. The second-order valence-electron chi connectivity index (χ2n) is 5.22. The number of hydrogen-bond acceptors (Lipinski definition) is 4. The lowest BCUT2D eigenvalue weighted by molar-refractivity contribution is -0.137. The Bertz CT molecular complexity index is 691. The maximum absolute atomic E-state index is 12.6. The van der Waals surface area contributed by atoms with Crippen LogP contribution in [0.2, 0.25) is 0 Å². The van der Waals surface area contributed by atoms with Gasteiger partial charge in [0.25, 0.3) is 0 Å². The number of rotatable bonds is 4. The Hall–Kier alpha value is -1.68. The molecular weight excluding hydrogens is 335 g/mol. The number of pyridine rings is 1. The Labute approximate surface area is 131 Å². The highest BCUT2D eigenvalue weighted by atomic mass is 32.2. The van der Waals surface area contributed by atoms with Crippen molar-refractivity contribution in [1.82, 2.24) is 14.6 Å². The fraction of sp³-hybridized carbons (Fsp3) is 0.538. The van der Waals surface area contributed by atoms with Crippen LogP contribution >= 0.6 is 0 Å². The molecule has 1 atom stereocenters. The topological polar surface area (TPSA) is 79.4 Å². The summed E-state index contributed by atoms with van der Waals surface area (Å²) in [7, 11) is -2.23. The number of alkyl halides is 3. The van der Waals surface area contributed by atoms with Gasteiger partial charge >= 0.3 is 6.18 Å². The van der Waals surface area contributed by atoms with E-state index in [-0.39, 0.29) is 31.6 Å². The molecule has 1 fully saturated rings. The van der Waals surface area contributed by atoms with Gasteiger partial charge in [-0.15, -0.1) is 0 Å². The zero-order valence-electron chi connectivity index (χ0n) is 12.3. The molecule has 1 aliphatic rings. The summed E-state index contributed by atoms with van der Waals surface area (Å²) < 4.78 is 62.5. The lowest BCUT2D eigenvalue weighted by atomic mass is 10.2. The normalized spacial score (nSPS) is 21.3. The van der Waals surface area contributed by atoms with E-state index < -0.39 is 32.9 Å². The van der Waals surface area contributed by atoms with Gasteiger partial charge in [-0.05, 0) is 18.6 Å². The van der Waals surface area contributed by atoms with E-state index in [0.29, 0.717) is 0 Å². The number of nitrogens with zero attached hydrogens (tertiary/aromatic N) is 2. The van der Waals surface area contributed by atoms with Crippen LogP contribution in [0.15, 0.2) is 18.3 Å². The third-order valence-corrected chi connectivity index (χ3v) is 5.84. The minimum absolute atomic E-state index is 0.0167. The van der Waals surface area contributed by atoms with Gasteiger partial charge < -0.3 is 5.32 Å². The standard InChI is InChI=1S/C13H16F3N3O3S/c1-19-7-4-11(23(19,21)22)12(20)18-6-3-10-8-9(2-5-17-10)13(14,15)16/h2,5,8,11H,3-4,6-7H2,1H3,(H,18,20). The summed E-state index contributed by atoms with van der Waals surface area (Å²) in [6.45, 7) is 0.290. The molecule has 1 amide bonds. The van der Waals surface area contributed by atoms with Crippen LogP contribution in [0.25, 0.3) is 0 Å². The average Bonchev–Trinajstić information content (AvgIpc) is 2.72. The lowest BCUT2D eigenvalue weighted by Gasteiger charge is -2.12. The second kappa shape index (κ2) is 6.44. The monoisotopic (exact) mass is 351 g/mol. The summed E-state index contributed by atoms with van der Waals surface area (Å²) in [4.78, 5) is 15.7. The highest BCUT2D eigenvalue weighted by molar-refractivity contribution is 7.90. The van der Waals surface area contributed by atoms with Gasteiger partial charge in [-0.2, -0.15) is 13.2 Å². The summed E-state index contributed by atoms with van der Waals surface area (Å²) >= 11 is 0. The second-order valence-corrected chi connectivity index (χ2v) is 7.44. The number of nitrogens with one attached hydrogen (secondary N) is 1. The molecule has 1 unspecified atom stereocenters. The number of aromatic nitrogens is 1. The maximum atomic E-state index is 12.6. The number of carbonyl (C=O) groups excluding carboxylic acids is 1. The van der Waals surface area contributed by atoms with Crippen molar-refractivity contribution in [3.8, 4) is 0 Å². The van der Waals surface area contributed by atoms with E-state index in [4.69, 9.17) is 0 Å². The van der Waals surface area contributed by atoms with E-state index >= 15 is 0 Å². The van der Waals surface area contributed by atoms with Crippen molar-refractivity contribution < 1.29 is 26.4 Å². The lowest BCUT2D eigenvalue weighted by Crippen LogP contribution is -2.40. The Balaban J connectivity index is 1.92. The number of sulfonamides is 1. The van der Waals surface area contributed by atoms with Crippen molar-refractivity contribution in [3.05, 3.63) is 29.6 Å². The van der Waals surface area contributed by atoms with Crippen molar-refractivity contribution in [2.45, 2.75) is 24.3 Å². The molecule has 1 aromatic heterocycles. The summed E-state index contributed by atoms with van der Waals surface area (Å²) in [5, 5.41) is 1.30. The molecule has 128 valence electrons. The van der Waals surface area contributed by atoms with E-state index in [0.717, 1.165) is 22.6 Å². The fourth-order valence-corrected chi connectivity index (χ4v) is 3.83. The molecule has 1 aliphatic heterocycles. The van der Waals surface area contributed by atoms with Crippen LogP contribution in [0.5, 0.6) is 0 Å². The number of hydrogen-bond donors (Lipinski definition) is 1. The van der Waals surface area contributed by atoms with Gasteiger partial charge in [-0.1, -0.05) is 0 Å². The first-order valence-electron chi connectivity index (χ1n) is 6.87. The maximum Gasteiger partial charge on any atom is 0.416 e. The van der Waals surface area contributed by atoms with Crippen LogP contribution < -0.4 is 5.32 Å². The van der Waals surface area contributed by atoms with E-state index in [1.165, 1.54) is 7.05 Å². The molecule has 1 N–H and O–H groups in total. The summed E-state index contributed by atoms with van der Waals surface area (Å²) in [5.41, 5.74) is -0.639. The molecule has 0 spiro atoms. The SMILES string of the molecule is CN1CCC(C(=O)NCCc2cc(C(F)(F)F)ccn2)S1(=O)=O. The van der Waals surface area contributed by atoms with Crippen molar-refractivity contribution in [2.24, 2.45) is 0 Å². The molecule has 23 heavy (non-hydrogen) atoms. The van der Waals surface area contributed by atoms with Gasteiger partial charge in [0.2, 0.25) is 15.9 Å². The van der Waals surface area contributed by atoms with Gasteiger partial charge in [-0.3, -0.25) is 9.78 Å². The molecule has 6 nitrogen and oxygen atoms in total. The van der Waals surface area contributed by atoms with Crippen LogP contribution in [0.4, 0.5) is 13.2 Å². The Morgan fingerprint density at radius 3 is 2.74 bits per heavy atom. The van der Waals surface area contributed by atoms with Crippen molar-refractivity contribution >= 4 is 15.9 Å². The number of halogens is 3. The highest BCUT2D eigenvalue weighted by Gasteiger charge is 2.41. The van der Waals surface area contributed by atoms with Gasteiger partial charge in [0.15, 0.2) is 5.25 Å². The van der Waals surface area contributed by atoms with Crippen molar-refractivity contribution in [1.29, 1.82) is 0 Å². The van der Waals surface area contributed by atoms with Crippen LogP contribution in [-0.4, -0.2) is 49.0 Å². The van der Waals surface area contributed by atoms with Crippen LogP contribution in [0.3, 0.4) is 0 Å². The van der Waals surface area contributed by atoms with E-state index in [1.807, 2.05) is 0 Å². The van der Waals surface area contributed by atoms with E-state index in [2.05, 4.69) is 10.3 Å². The molecule has 2 rings (SSSR count). The Kier molecular flexibility index (Phi) is 4.95. The molecule has 1 aromatic rings. The molecule has 0 aromatic carbocycles. The van der Waals surface area contributed by atoms with E-state index in [1.54, 1.807) is 0 Å². The minimum atomic E-state index is -4.45. The predicted octanol–water partition coefficient (Wildman–Crippen LogP) is 0.793. The van der Waals surface area contributed by atoms with Gasteiger partial charge in [0.05, 0.1) is 5.56 Å². The molecule has 10 heteroatoms. The first-order valence-corrected chi connectivity index (χ1v) is 8.37. The van der Waals surface area contributed by atoms with Gasteiger partial charge in [0.1, 0.15) is 0 Å². The van der Waals surface area contributed by atoms with Crippen LogP contribution in [0.1, 0.15) is 17.7 Å². The van der Waals surface area contributed by atoms with Gasteiger partial charge in [0, 0.05) is 38.4 Å². The zero-order valence-corrected chi connectivity index (χ0v) is 13.1. The molecule has 0 aliphatic carbocycles. The van der Waals surface area contributed by atoms with Crippen LogP contribution in [-0.2, 0) is 27.4 Å².